The number of halogens is 1. The van der Waals surface area contributed by atoms with E-state index >= 15 is 0 Å². The number of fused-ring (bicyclic) bond motifs is 1. The number of piperazine rings is 1. The third kappa shape index (κ3) is 3.16. The third-order valence-corrected chi connectivity index (χ3v) is 7.64. The standard InChI is InChI=1S/C15H19ClN2O2S2/c1-2-22(19,20)18-9-7-17(8-10-18)11-14-15(16)12-5-3-4-6-13(12)21-14/h3-6H,2,7-11H2,1H3. The van der Waals surface area contributed by atoms with E-state index in [0.717, 1.165) is 34.9 Å². The zero-order valence-corrected chi connectivity index (χ0v) is 14.8. The van der Waals surface area contributed by atoms with E-state index in [1.54, 1.807) is 22.6 Å². The Morgan fingerprint density at radius 1 is 1.18 bits per heavy atom. The van der Waals surface area contributed by atoms with Crippen LogP contribution in [-0.4, -0.2) is 49.6 Å². The van der Waals surface area contributed by atoms with Gasteiger partial charge in [0.05, 0.1) is 10.8 Å². The van der Waals surface area contributed by atoms with E-state index in [2.05, 4.69) is 11.0 Å². The van der Waals surface area contributed by atoms with Crippen LogP contribution >= 0.6 is 22.9 Å². The van der Waals surface area contributed by atoms with Crippen molar-refractivity contribution in [3.05, 3.63) is 34.2 Å². The van der Waals surface area contributed by atoms with Crippen LogP contribution in [0.3, 0.4) is 0 Å². The molecule has 0 N–H and O–H groups in total. The van der Waals surface area contributed by atoms with Gasteiger partial charge in [-0.3, -0.25) is 4.90 Å². The van der Waals surface area contributed by atoms with Crippen molar-refractivity contribution in [2.75, 3.05) is 31.9 Å². The van der Waals surface area contributed by atoms with E-state index in [1.807, 2.05) is 18.2 Å². The highest BCUT2D eigenvalue weighted by Crippen LogP contribution is 2.36. The molecule has 0 aliphatic carbocycles. The summed E-state index contributed by atoms with van der Waals surface area (Å²) < 4.78 is 26.6. The molecule has 7 heteroatoms. The van der Waals surface area contributed by atoms with Crippen molar-refractivity contribution >= 4 is 43.0 Å². The number of hydrogen-bond donors (Lipinski definition) is 0. The highest BCUT2D eigenvalue weighted by molar-refractivity contribution is 7.89. The van der Waals surface area contributed by atoms with E-state index in [9.17, 15) is 8.42 Å². The summed E-state index contributed by atoms with van der Waals surface area (Å²) >= 11 is 8.20. The highest BCUT2D eigenvalue weighted by atomic mass is 35.5. The van der Waals surface area contributed by atoms with E-state index in [1.165, 1.54) is 4.70 Å². The van der Waals surface area contributed by atoms with Crippen molar-refractivity contribution in [2.45, 2.75) is 13.5 Å². The molecule has 0 bridgehead atoms. The van der Waals surface area contributed by atoms with E-state index < -0.39 is 10.0 Å². The van der Waals surface area contributed by atoms with Gasteiger partial charge >= 0.3 is 0 Å². The van der Waals surface area contributed by atoms with Gasteiger partial charge < -0.3 is 0 Å². The fraction of sp³-hybridized carbons (Fsp3) is 0.467. The van der Waals surface area contributed by atoms with Gasteiger partial charge in [0.2, 0.25) is 10.0 Å². The van der Waals surface area contributed by atoms with Gasteiger partial charge in [0.25, 0.3) is 0 Å². The maximum atomic E-state index is 11.9. The fourth-order valence-electron chi connectivity index (χ4n) is 2.72. The van der Waals surface area contributed by atoms with Crippen molar-refractivity contribution in [3.8, 4) is 0 Å². The number of rotatable bonds is 4. The maximum Gasteiger partial charge on any atom is 0.213 e. The zero-order valence-electron chi connectivity index (χ0n) is 12.5. The van der Waals surface area contributed by atoms with Crippen LogP contribution in [0.1, 0.15) is 11.8 Å². The summed E-state index contributed by atoms with van der Waals surface area (Å²) in [6.45, 7) is 5.13. The van der Waals surface area contributed by atoms with Crippen LogP contribution in [-0.2, 0) is 16.6 Å². The molecule has 1 fully saturated rings. The molecule has 0 spiro atoms. The maximum absolute atomic E-state index is 11.9. The van der Waals surface area contributed by atoms with E-state index in [4.69, 9.17) is 11.6 Å². The first-order valence-electron chi connectivity index (χ1n) is 7.37. The van der Waals surface area contributed by atoms with E-state index in [-0.39, 0.29) is 5.75 Å². The van der Waals surface area contributed by atoms with Crippen LogP contribution in [0.5, 0.6) is 0 Å². The van der Waals surface area contributed by atoms with Crippen LogP contribution in [0.2, 0.25) is 5.02 Å². The van der Waals surface area contributed by atoms with Gasteiger partial charge in [-0.2, -0.15) is 4.31 Å². The first-order valence-corrected chi connectivity index (χ1v) is 10.2. The molecule has 4 nitrogen and oxygen atoms in total. The number of benzene rings is 1. The molecule has 3 rings (SSSR count). The van der Waals surface area contributed by atoms with Gasteiger partial charge in [-0.25, -0.2) is 8.42 Å². The second-order valence-corrected chi connectivity index (χ2v) is 9.18. The molecule has 22 heavy (non-hydrogen) atoms. The molecule has 1 aliphatic rings. The quantitative estimate of drug-likeness (QED) is 0.843. The Morgan fingerprint density at radius 3 is 2.50 bits per heavy atom. The Balaban J connectivity index is 1.69. The summed E-state index contributed by atoms with van der Waals surface area (Å²) in [7, 11) is -3.06. The second kappa shape index (κ2) is 6.45. The topological polar surface area (TPSA) is 40.6 Å². The van der Waals surface area contributed by atoms with Crippen LogP contribution in [0.4, 0.5) is 0 Å². The summed E-state index contributed by atoms with van der Waals surface area (Å²) in [5.41, 5.74) is 0. The highest BCUT2D eigenvalue weighted by Gasteiger charge is 2.26. The van der Waals surface area contributed by atoms with Crippen LogP contribution in [0.15, 0.2) is 24.3 Å². The van der Waals surface area contributed by atoms with Crippen molar-refractivity contribution in [3.63, 3.8) is 0 Å². The predicted molar refractivity (Wildman–Crippen MR) is 93.1 cm³/mol. The molecule has 0 radical (unpaired) electrons. The fourth-order valence-corrected chi connectivity index (χ4v) is 5.34. The number of hydrogen-bond acceptors (Lipinski definition) is 4. The molecular formula is C15H19ClN2O2S2. The Labute approximate surface area is 140 Å². The average molecular weight is 359 g/mol. The lowest BCUT2D eigenvalue weighted by molar-refractivity contribution is 0.183. The molecule has 1 aromatic carbocycles. The molecule has 2 heterocycles. The van der Waals surface area contributed by atoms with Crippen LogP contribution in [0.25, 0.3) is 10.1 Å². The number of thiophene rings is 1. The average Bonchev–Trinajstić information content (AvgIpc) is 2.84. The molecule has 1 aliphatic heterocycles. The summed E-state index contributed by atoms with van der Waals surface area (Å²) in [5, 5.41) is 1.94. The summed E-state index contributed by atoms with van der Waals surface area (Å²) in [6, 6.07) is 8.15. The lowest BCUT2D eigenvalue weighted by atomic mass is 10.2. The minimum Gasteiger partial charge on any atom is -0.296 e. The summed E-state index contributed by atoms with van der Waals surface area (Å²) in [6.07, 6.45) is 0. The van der Waals surface area contributed by atoms with Crippen molar-refractivity contribution in [1.29, 1.82) is 0 Å². The smallest absolute Gasteiger partial charge is 0.213 e. The van der Waals surface area contributed by atoms with E-state index in [0.29, 0.717) is 13.1 Å². The molecule has 0 atom stereocenters. The van der Waals surface area contributed by atoms with Gasteiger partial charge in [-0.05, 0) is 13.0 Å². The number of sulfonamides is 1. The van der Waals surface area contributed by atoms with Gasteiger partial charge in [0.15, 0.2) is 0 Å². The Hall–Kier alpha value is -0.660. The molecule has 120 valence electrons. The van der Waals surface area contributed by atoms with Gasteiger partial charge in [0, 0.05) is 47.7 Å². The molecule has 2 aromatic rings. The SMILES string of the molecule is CCS(=O)(=O)N1CCN(Cc2sc3ccccc3c2Cl)CC1. The normalized spacial score (nSPS) is 18.1. The molecule has 1 saturated heterocycles. The zero-order chi connectivity index (χ0) is 15.7. The van der Waals surface area contributed by atoms with Crippen LogP contribution < -0.4 is 0 Å². The molecule has 1 aromatic heterocycles. The van der Waals surface area contributed by atoms with Crippen LogP contribution in [0, 0.1) is 0 Å². The first-order chi connectivity index (χ1) is 10.5. The molecule has 0 unspecified atom stereocenters. The van der Waals surface area contributed by atoms with Crippen molar-refractivity contribution in [2.24, 2.45) is 0 Å². The molecular weight excluding hydrogens is 340 g/mol. The lowest BCUT2D eigenvalue weighted by Crippen LogP contribution is -2.48. The van der Waals surface area contributed by atoms with Gasteiger partial charge in [-0.15, -0.1) is 11.3 Å². The largest absolute Gasteiger partial charge is 0.296 e. The number of nitrogens with zero attached hydrogens (tertiary/aromatic N) is 2. The minimum atomic E-state index is -3.06. The molecule has 0 amide bonds. The summed E-state index contributed by atoms with van der Waals surface area (Å²) in [5.74, 6) is 0.176. The lowest BCUT2D eigenvalue weighted by Gasteiger charge is -2.33. The van der Waals surface area contributed by atoms with Crippen molar-refractivity contribution in [1.82, 2.24) is 9.21 Å². The van der Waals surface area contributed by atoms with Gasteiger partial charge in [0.1, 0.15) is 0 Å². The predicted octanol–water partition coefficient (Wildman–Crippen LogP) is 3.02. The first kappa shape index (κ1) is 16.2. The second-order valence-electron chi connectivity index (χ2n) is 5.41. The Bertz CT molecular complexity index is 765. The Kier molecular flexibility index (Phi) is 4.75. The third-order valence-electron chi connectivity index (χ3n) is 4.06. The van der Waals surface area contributed by atoms with Gasteiger partial charge in [-0.1, -0.05) is 29.8 Å². The monoisotopic (exact) mass is 358 g/mol. The molecule has 0 saturated carbocycles. The Morgan fingerprint density at radius 2 is 1.86 bits per heavy atom. The van der Waals surface area contributed by atoms with Crippen molar-refractivity contribution < 1.29 is 8.42 Å². The minimum absolute atomic E-state index is 0.176. The summed E-state index contributed by atoms with van der Waals surface area (Å²) in [4.78, 5) is 3.44.